The Morgan fingerprint density at radius 1 is 1.38 bits per heavy atom. The Kier molecular flexibility index (Phi) is 6.42. The molecule has 0 heterocycles. The number of nitrogens with two attached hydrogens (primary N) is 1. The highest BCUT2D eigenvalue weighted by atomic mass is 16.5. The number of amides is 1. The quantitative estimate of drug-likeness (QED) is 0.668. The molecule has 0 radical (unpaired) electrons. The van der Waals surface area contributed by atoms with E-state index >= 15 is 0 Å². The third kappa shape index (κ3) is 5.47. The van der Waals surface area contributed by atoms with Crippen molar-refractivity contribution in [2.75, 3.05) is 19.8 Å². The van der Waals surface area contributed by atoms with Gasteiger partial charge in [-0.15, -0.1) is 0 Å². The van der Waals surface area contributed by atoms with Gasteiger partial charge in [-0.05, 0) is 38.5 Å². The van der Waals surface area contributed by atoms with Crippen molar-refractivity contribution in [2.45, 2.75) is 45.1 Å². The van der Waals surface area contributed by atoms with Crippen LogP contribution < -0.4 is 11.1 Å². The summed E-state index contributed by atoms with van der Waals surface area (Å²) in [6, 6.07) is 0.359. The summed E-state index contributed by atoms with van der Waals surface area (Å²) in [4.78, 5) is 11.6. The van der Waals surface area contributed by atoms with Crippen molar-refractivity contribution >= 4 is 5.91 Å². The summed E-state index contributed by atoms with van der Waals surface area (Å²) >= 11 is 0. The maximum atomic E-state index is 11.6. The zero-order valence-electron chi connectivity index (χ0n) is 10.2. The Morgan fingerprint density at radius 2 is 2.06 bits per heavy atom. The topological polar surface area (TPSA) is 64.3 Å². The molecule has 1 saturated carbocycles. The fourth-order valence-electron chi connectivity index (χ4n) is 2.13. The molecule has 3 N–H and O–H groups in total. The van der Waals surface area contributed by atoms with Crippen LogP contribution in [0.2, 0.25) is 0 Å². The zero-order chi connectivity index (χ0) is 11.8. The second-order valence-electron chi connectivity index (χ2n) is 4.53. The summed E-state index contributed by atoms with van der Waals surface area (Å²) in [5.41, 5.74) is 5.82. The lowest BCUT2D eigenvalue weighted by Gasteiger charge is -2.25. The Hall–Kier alpha value is -0.610. The van der Waals surface area contributed by atoms with E-state index in [4.69, 9.17) is 10.5 Å². The molecule has 1 amide bonds. The first-order chi connectivity index (χ1) is 7.72. The lowest BCUT2D eigenvalue weighted by Crippen LogP contribution is -2.32. The third-order valence-corrected chi connectivity index (χ3v) is 3.14. The number of hydrogen-bond acceptors (Lipinski definition) is 3. The summed E-state index contributed by atoms with van der Waals surface area (Å²) in [5.74, 6) is 0.687. The largest absolute Gasteiger partial charge is 0.380 e. The van der Waals surface area contributed by atoms with Gasteiger partial charge in [-0.3, -0.25) is 4.79 Å². The molecular weight excluding hydrogens is 204 g/mol. The van der Waals surface area contributed by atoms with E-state index in [1.54, 1.807) is 0 Å². The van der Waals surface area contributed by atoms with Gasteiger partial charge >= 0.3 is 0 Å². The third-order valence-electron chi connectivity index (χ3n) is 3.14. The Bertz CT molecular complexity index is 201. The van der Waals surface area contributed by atoms with E-state index in [1.807, 2.05) is 6.92 Å². The Labute approximate surface area is 97.9 Å². The molecule has 1 fully saturated rings. The lowest BCUT2D eigenvalue weighted by atomic mass is 9.84. The molecule has 0 spiro atoms. The molecule has 0 atom stereocenters. The molecule has 0 aromatic heterocycles. The molecular formula is C12H24N2O2. The van der Waals surface area contributed by atoms with Gasteiger partial charge in [0.1, 0.15) is 0 Å². The number of ether oxygens (including phenoxy) is 1. The summed E-state index contributed by atoms with van der Waals surface area (Å²) in [5, 5.41) is 2.88. The van der Waals surface area contributed by atoms with Crippen LogP contribution in [-0.2, 0) is 9.53 Å². The molecule has 0 saturated heterocycles. The van der Waals surface area contributed by atoms with Crippen LogP contribution in [0.5, 0.6) is 0 Å². The van der Waals surface area contributed by atoms with E-state index in [0.29, 0.717) is 38.1 Å². The predicted octanol–water partition coefficient (Wildman–Crippen LogP) is 1.05. The fraction of sp³-hybridized carbons (Fsp3) is 0.917. The molecule has 1 aliphatic carbocycles. The van der Waals surface area contributed by atoms with Crippen molar-refractivity contribution in [3.63, 3.8) is 0 Å². The molecule has 1 aliphatic rings. The van der Waals surface area contributed by atoms with E-state index in [-0.39, 0.29) is 5.91 Å². The maximum Gasteiger partial charge on any atom is 0.220 e. The molecule has 16 heavy (non-hydrogen) atoms. The molecule has 4 nitrogen and oxygen atoms in total. The first kappa shape index (κ1) is 13.5. The average molecular weight is 228 g/mol. The van der Waals surface area contributed by atoms with Gasteiger partial charge in [0.15, 0.2) is 0 Å². The van der Waals surface area contributed by atoms with Gasteiger partial charge in [-0.25, -0.2) is 0 Å². The van der Waals surface area contributed by atoms with E-state index in [9.17, 15) is 4.79 Å². The average Bonchev–Trinajstić information content (AvgIpc) is 2.28. The number of nitrogens with one attached hydrogen (secondary N) is 1. The summed E-state index contributed by atoms with van der Waals surface area (Å²) in [6.45, 7) is 3.89. The van der Waals surface area contributed by atoms with E-state index in [0.717, 1.165) is 25.7 Å². The number of hydrogen-bond donors (Lipinski definition) is 2. The SMILES string of the molecule is CCOCCNC(=O)CC1CCC(N)CC1. The standard InChI is InChI=1S/C12H24N2O2/c1-2-16-8-7-14-12(15)9-10-3-5-11(13)6-4-10/h10-11H,2-9,13H2,1H3,(H,14,15). The van der Waals surface area contributed by atoms with Gasteiger partial charge in [-0.1, -0.05) is 0 Å². The monoisotopic (exact) mass is 228 g/mol. The van der Waals surface area contributed by atoms with Crippen LogP contribution in [0.15, 0.2) is 0 Å². The van der Waals surface area contributed by atoms with Gasteiger partial charge in [-0.2, -0.15) is 0 Å². The lowest BCUT2D eigenvalue weighted by molar-refractivity contribution is -0.122. The van der Waals surface area contributed by atoms with Gasteiger partial charge in [0.05, 0.1) is 6.61 Å². The van der Waals surface area contributed by atoms with Crippen molar-refractivity contribution in [1.29, 1.82) is 0 Å². The van der Waals surface area contributed by atoms with Crippen molar-refractivity contribution in [3.05, 3.63) is 0 Å². The highest BCUT2D eigenvalue weighted by Gasteiger charge is 2.20. The molecule has 94 valence electrons. The smallest absolute Gasteiger partial charge is 0.220 e. The Balaban J connectivity index is 2.05. The van der Waals surface area contributed by atoms with Gasteiger partial charge < -0.3 is 15.8 Å². The van der Waals surface area contributed by atoms with Crippen LogP contribution >= 0.6 is 0 Å². The van der Waals surface area contributed by atoms with Crippen LogP contribution in [-0.4, -0.2) is 31.7 Å². The van der Waals surface area contributed by atoms with Gasteiger partial charge in [0.2, 0.25) is 5.91 Å². The second kappa shape index (κ2) is 7.63. The van der Waals surface area contributed by atoms with E-state index in [2.05, 4.69) is 5.32 Å². The first-order valence-corrected chi connectivity index (χ1v) is 6.32. The summed E-state index contributed by atoms with van der Waals surface area (Å²) in [6.07, 6.45) is 4.98. The van der Waals surface area contributed by atoms with Crippen molar-refractivity contribution in [2.24, 2.45) is 11.7 Å². The zero-order valence-corrected chi connectivity index (χ0v) is 10.2. The van der Waals surface area contributed by atoms with Gasteiger partial charge in [0, 0.05) is 25.6 Å². The predicted molar refractivity (Wildman–Crippen MR) is 64.1 cm³/mol. The second-order valence-corrected chi connectivity index (χ2v) is 4.53. The molecule has 0 aromatic carbocycles. The number of carbonyl (C=O) groups is 1. The van der Waals surface area contributed by atoms with Crippen LogP contribution in [0, 0.1) is 5.92 Å². The highest BCUT2D eigenvalue weighted by molar-refractivity contribution is 5.76. The minimum Gasteiger partial charge on any atom is -0.380 e. The van der Waals surface area contributed by atoms with Crippen molar-refractivity contribution in [1.82, 2.24) is 5.32 Å². The number of carbonyl (C=O) groups excluding carboxylic acids is 1. The molecule has 0 aromatic rings. The normalized spacial score (nSPS) is 25.4. The minimum atomic E-state index is 0.153. The van der Waals surface area contributed by atoms with Crippen LogP contribution in [0.1, 0.15) is 39.0 Å². The molecule has 0 aliphatic heterocycles. The van der Waals surface area contributed by atoms with Crippen LogP contribution in [0.25, 0.3) is 0 Å². The fourth-order valence-corrected chi connectivity index (χ4v) is 2.13. The maximum absolute atomic E-state index is 11.6. The summed E-state index contributed by atoms with van der Waals surface area (Å²) in [7, 11) is 0. The van der Waals surface area contributed by atoms with Gasteiger partial charge in [0.25, 0.3) is 0 Å². The van der Waals surface area contributed by atoms with Crippen molar-refractivity contribution < 1.29 is 9.53 Å². The Morgan fingerprint density at radius 3 is 2.69 bits per heavy atom. The molecule has 1 rings (SSSR count). The first-order valence-electron chi connectivity index (χ1n) is 6.32. The van der Waals surface area contributed by atoms with E-state index < -0.39 is 0 Å². The van der Waals surface area contributed by atoms with Crippen molar-refractivity contribution in [3.8, 4) is 0 Å². The van der Waals surface area contributed by atoms with E-state index in [1.165, 1.54) is 0 Å². The molecule has 4 heteroatoms. The minimum absolute atomic E-state index is 0.153. The summed E-state index contributed by atoms with van der Waals surface area (Å²) < 4.78 is 5.16. The van der Waals surface area contributed by atoms with Crippen LogP contribution in [0.4, 0.5) is 0 Å². The van der Waals surface area contributed by atoms with Crippen LogP contribution in [0.3, 0.4) is 0 Å². The molecule has 0 bridgehead atoms. The molecule has 0 unspecified atom stereocenters. The highest BCUT2D eigenvalue weighted by Crippen LogP contribution is 2.25. The number of rotatable bonds is 6.